The van der Waals surface area contributed by atoms with Crippen LogP contribution < -0.4 is 11.3 Å². The molecule has 0 radical (unpaired) electrons. The summed E-state index contributed by atoms with van der Waals surface area (Å²) in [5.74, 6) is 6.90. The van der Waals surface area contributed by atoms with Crippen LogP contribution in [0.4, 0.5) is 0 Å². The Kier molecular flexibility index (Phi) is 4.74. The van der Waals surface area contributed by atoms with Crippen molar-refractivity contribution in [1.29, 1.82) is 0 Å². The predicted octanol–water partition coefficient (Wildman–Crippen LogP) is 0.979. The average molecular weight is 227 g/mol. The van der Waals surface area contributed by atoms with E-state index in [1.54, 1.807) is 0 Å². The minimum Gasteiger partial charge on any atom is -0.293 e. The van der Waals surface area contributed by atoms with Gasteiger partial charge in [0.25, 0.3) is 5.91 Å². The van der Waals surface area contributed by atoms with Crippen molar-refractivity contribution in [2.24, 2.45) is 23.6 Å². The second-order valence-electron chi connectivity index (χ2n) is 5.44. The van der Waals surface area contributed by atoms with Crippen LogP contribution in [0.2, 0.25) is 0 Å². The van der Waals surface area contributed by atoms with E-state index in [1.165, 1.54) is 6.42 Å². The molecular formula is C12H25N3O. The standard InChI is InChI=1S/C12H25N3O/c1-8(2)11(12(16)14-13)15-6-5-9(3)10(4)7-15/h8-11H,5-7,13H2,1-4H3,(H,14,16). The van der Waals surface area contributed by atoms with Crippen molar-refractivity contribution in [2.45, 2.75) is 40.2 Å². The summed E-state index contributed by atoms with van der Waals surface area (Å²) >= 11 is 0. The monoisotopic (exact) mass is 227 g/mol. The molecule has 1 fully saturated rings. The molecule has 1 amide bonds. The molecule has 94 valence electrons. The lowest BCUT2D eigenvalue weighted by Crippen LogP contribution is -2.55. The Labute approximate surface area is 98.5 Å². The third kappa shape index (κ3) is 2.95. The number of nitrogens with two attached hydrogens (primary N) is 1. The molecule has 0 aromatic carbocycles. The molecule has 1 aliphatic rings. The summed E-state index contributed by atoms with van der Waals surface area (Å²) in [6, 6.07) is -0.0834. The number of piperidine rings is 1. The molecule has 3 N–H and O–H groups in total. The quantitative estimate of drug-likeness (QED) is 0.429. The number of carbonyl (C=O) groups excluding carboxylic acids is 1. The van der Waals surface area contributed by atoms with Gasteiger partial charge in [-0.25, -0.2) is 5.84 Å². The van der Waals surface area contributed by atoms with E-state index in [4.69, 9.17) is 5.84 Å². The maximum absolute atomic E-state index is 11.8. The number of hydrogen-bond donors (Lipinski definition) is 2. The largest absolute Gasteiger partial charge is 0.293 e. The summed E-state index contributed by atoms with van der Waals surface area (Å²) < 4.78 is 0. The van der Waals surface area contributed by atoms with Crippen molar-refractivity contribution in [2.75, 3.05) is 13.1 Å². The lowest BCUT2D eigenvalue weighted by atomic mass is 9.86. The van der Waals surface area contributed by atoms with Gasteiger partial charge in [0, 0.05) is 6.54 Å². The molecule has 4 nitrogen and oxygen atoms in total. The van der Waals surface area contributed by atoms with Crippen LogP contribution in [0.25, 0.3) is 0 Å². The van der Waals surface area contributed by atoms with Gasteiger partial charge >= 0.3 is 0 Å². The number of nitrogens with zero attached hydrogens (tertiary/aromatic N) is 1. The third-order valence-corrected chi connectivity index (χ3v) is 3.80. The Morgan fingerprint density at radius 3 is 2.44 bits per heavy atom. The SMILES string of the molecule is CC(C)C(C(=O)NN)N1CCC(C)C(C)C1. The zero-order chi connectivity index (χ0) is 12.3. The van der Waals surface area contributed by atoms with Crippen molar-refractivity contribution in [3.05, 3.63) is 0 Å². The molecule has 3 unspecified atom stereocenters. The van der Waals surface area contributed by atoms with Gasteiger partial charge in [0.05, 0.1) is 6.04 Å². The highest BCUT2D eigenvalue weighted by Crippen LogP contribution is 2.25. The second-order valence-corrected chi connectivity index (χ2v) is 5.44. The molecule has 16 heavy (non-hydrogen) atoms. The van der Waals surface area contributed by atoms with Gasteiger partial charge in [-0.2, -0.15) is 0 Å². The van der Waals surface area contributed by atoms with Crippen LogP contribution in [-0.4, -0.2) is 29.9 Å². The summed E-state index contributed by atoms with van der Waals surface area (Å²) in [4.78, 5) is 14.0. The number of hydrazine groups is 1. The molecule has 3 atom stereocenters. The van der Waals surface area contributed by atoms with Gasteiger partial charge in [-0.1, -0.05) is 27.7 Å². The summed E-state index contributed by atoms with van der Waals surface area (Å²) in [6.45, 7) is 10.7. The maximum atomic E-state index is 11.8. The minimum atomic E-state index is -0.0834. The van der Waals surface area contributed by atoms with E-state index in [0.29, 0.717) is 11.8 Å². The van der Waals surface area contributed by atoms with Gasteiger partial charge < -0.3 is 0 Å². The smallest absolute Gasteiger partial charge is 0.251 e. The number of nitrogens with one attached hydrogen (secondary N) is 1. The fourth-order valence-corrected chi connectivity index (χ4v) is 2.52. The van der Waals surface area contributed by atoms with Gasteiger partial charge in [-0.3, -0.25) is 15.1 Å². The van der Waals surface area contributed by atoms with E-state index in [0.717, 1.165) is 19.0 Å². The van der Waals surface area contributed by atoms with Crippen LogP contribution in [0.5, 0.6) is 0 Å². The molecule has 0 aromatic rings. The third-order valence-electron chi connectivity index (χ3n) is 3.80. The van der Waals surface area contributed by atoms with E-state index < -0.39 is 0 Å². The molecule has 4 heteroatoms. The lowest BCUT2D eigenvalue weighted by molar-refractivity contribution is -0.129. The van der Waals surface area contributed by atoms with Crippen LogP contribution in [0.15, 0.2) is 0 Å². The van der Waals surface area contributed by atoms with Crippen LogP contribution >= 0.6 is 0 Å². The van der Waals surface area contributed by atoms with Crippen molar-refractivity contribution in [1.82, 2.24) is 10.3 Å². The van der Waals surface area contributed by atoms with Crippen molar-refractivity contribution in [3.63, 3.8) is 0 Å². The van der Waals surface area contributed by atoms with Gasteiger partial charge in [0.15, 0.2) is 0 Å². The highest BCUT2D eigenvalue weighted by Gasteiger charge is 2.33. The van der Waals surface area contributed by atoms with Crippen LogP contribution in [0, 0.1) is 17.8 Å². The number of carbonyl (C=O) groups is 1. The van der Waals surface area contributed by atoms with Gasteiger partial charge in [0.1, 0.15) is 0 Å². The Morgan fingerprint density at radius 2 is 2.00 bits per heavy atom. The topological polar surface area (TPSA) is 58.4 Å². The van der Waals surface area contributed by atoms with E-state index in [2.05, 4.69) is 38.0 Å². The van der Waals surface area contributed by atoms with E-state index in [9.17, 15) is 4.79 Å². The van der Waals surface area contributed by atoms with Crippen LogP contribution in [0.1, 0.15) is 34.1 Å². The second kappa shape index (κ2) is 5.64. The first-order chi connectivity index (χ1) is 7.47. The Morgan fingerprint density at radius 1 is 1.38 bits per heavy atom. The molecule has 1 rings (SSSR count). The Balaban J connectivity index is 2.69. The first-order valence-electron chi connectivity index (χ1n) is 6.21. The summed E-state index contributed by atoms with van der Waals surface area (Å²) in [5.41, 5.74) is 2.29. The highest BCUT2D eigenvalue weighted by atomic mass is 16.2. The van der Waals surface area contributed by atoms with Crippen LogP contribution in [0.3, 0.4) is 0 Å². The van der Waals surface area contributed by atoms with Gasteiger partial charge in [0.2, 0.25) is 0 Å². The van der Waals surface area contributed by atoms with E-state index in [-0.39, 0.29) is 11.9 Å². The minimum absolute atomic E-state index is 0.0586. The molecule has 0 aromatic heterocycles. The zero-order valence-corrected chi connectivity index (χ0v) is 10.9. The van der Waals surface area contributed by atoms with E-state index in [1.807, 2.05) is 0 Å². The van der Waals surface area contributed by atoms with Gasteiger partial charge in [-0.15, -0.1) is 0 Å². The van der Waals surface area contributed by atoms with E-state index >= 15 is 0 Å². The maximum Gasteiger partial charge on any atom is 0.251 e. The zero-order valence-electron chi connectivity index (χ0n) is 10.9. The van der Waals surface area contributed by atoms with Crippen LogP contribution in [-0.2, 0) is 4.79 Å². The van der Waals surface area contributed by atoms with Gasteiger partial charge in [-0.05, 0) is 30.7 Å². The fraction of sp³-hybridized carbons (Fsp3) is 0.917. The Hall–Kier alpha value is -0.610. The Bertz CT molecular complexity index is 242. The van der Waals surface area contributed by atoms with Crippen molar-refractivity contribution in [3.8, 4) is 0 Å². The molecule has 1 aliphatic heterocycles. The number of hydrogen-bond acceptors (Lipinski definition) is 3. The molecule has 1 heterocycles. The molecule has 0 bridgehead atoms. The molecule has 0 saturated carbocycles. The predicted molar refractivity (Wildman–Crippen MR) is 65.5 cm³/mol. The molecule has 0 spiro atoms. The average Bonchev–Trinajstić information content (AvgIpc) is 2.22. The summed E-state index contributed by atoms with van der Waals surface area (Å²) in [6.07, 6.45) is 1.17. The molecule has 0 aliphatic carbocycles. The first-order valence-corrected chi connectivity index (χ1v) is 6.21. The molecule has 1 saturated heterocycles. The number of rotatable bonds is 3. The summed E-state index contributed by atoms with van der Waals surface area (Å²) in [5, 5.41) is 0. The number of likely N-dealkylation sites (tertiary alicyclic amines) is 1. The lowest BCUT2D eigenvalue weighted by Gasteiger charge is -2.40. The first kappa shape index (κ1) is 13.5. The number of amides is 1. The summed E-state index contributed by atoms with van der Waals surface area (Å²) in [7, 11) is 0. The van der Waals surface area contributed by atoms with Crippen molar-refractivity contribution < 1.29 is 4.79 Å². The molecular weight excluding hydrogens is 202 g/mol. The normalized spacial score (nSPS) is 29.1. The van der Waals surface area contributed by atoms with Crippen molar-refractivity contribution >= 4 is 5.91 Å². The highest BCUT2D eigenvalue weighted by molar-refractivity contribution is 5.81. The fourth-order valence-electron chi connectivity index (χ4n) is 2.52.